The summed E-state index contributed by atoms with van der Waals surface area (Å²) in [6.45, 7) is 0.964. The number of halogens is 1. The van der Waals surface area contributed by atoms with Crippen LogP contribution >= 0.6 is 11.6 Å². The molecule has 1 aromatic rings. The van der Waals surface area contributed by atoms with E-state index in [9.17, 15) is 18.0 Å². The van der Waals surface area contributed by atoms with Crippen molar-refractivity contribution in [1.82, 2.24) is 4.90 Å². The third-order valence-corrected chi connectivity index (χ3v) is 6.35. The van der Waals surface area contributed by atoms with Crippen molar-refractivity contribution in [3.8, 4) is 5.75 Å². The van der Waals surface area contributed by atoms with Crippen LogP contribution in [0.1, 0.15) is 19.3 Å². The van der Waals surface area contributed by atoms with Crippen molar-refractivity contribution in [3.05, 3.63) is 23.2 Å². The number of nitrogens with two attached hydrogens (primary N) is 1. The van der Waals surface area contributed by atoms with Gasteiger partial charge in [0.15, 0.2) is 6.10 Å². The molecule has 1 saturated heterocycles. The van der Waals surface area contributed by atoms with Crippen molar-refractivity contribution in [2.75, 3.05) is 30.2 Å². The van der Waals surface area contributed by atoms with Gasteiger partial charge >= 0.3 is 0 Å². The number of carbonyl (C=O) groups excluding carboxylic acids is 2. The number of carbonyl (C=O) groups is 2. The summed E-state index contributed by atoms with van der Waals surface area (Å²) in [6, 6.07) is 4.68. The number of nitrogens with zero attached hydrogens (tertiary/aromatic N) is 2. The molecule has 1 fully saturated rings. The molecule has 0 spiro atoms. The molecule has 10 heteroatoms. The van der Waals surface area contributed by atoms with E-state index in [1.54, 1.807) is 17.0 Å². The minimum atomic E-state index is -3.55. The Bertz CT molecular complexity index is 852. The number of ether oxygens (including phenoxy) is 1. The van der Waals surface area contributed by atoms with Crippen molar-refractivity contribution in [1.29, 1.82) is 0 Å². The van der Waals surface area contributed by atoms with Crippen LogP contribution in [0.15, 0.2) is 18.2 Å². The van der Waals surface area contributed by atoms with E-state index in [4.69, 9.17) is 22.1 Å². The largest absolute Gasteiger partial charge is 0.478 e. The van der Waals surface area contributed by atoms with Crippen LogP contribution in [-0.4, -0.2) is 57.1 Å². The molecule has 2 heterocycles. The van der Waals surface area contributed by atoms with Crippen molar-refractivity contribution in [2.24, 2.45) is 11.7 Å². The van der Waals surface area contributed by atoms with E-state index in [2.05, 4.69) is 0 Å². The van der Waals surface area contributed by atoms with Crippen LogP contribution < -0.4 is 14.8 Å². The highest BCUT2D eigenvalue weighted by molar-refractivity contribution is 7.92. The predicted molar refractivity (Wildman–Crippen MR) is 101 cm³/mol. The van der Waals surface area contributed by atoms with E-state index in [-0.39, 0.29) is 30.7 Å². The molecule has 3 rings (SSSR count). The second-order valence-electron chi connectivity index (χ2n) is 6.84. The topological polar surface area (TPSA) is 110 Å². The summed E-state index contributed by atoms with van der Waals surface area (Å²) in [6.07, 6.45) is 1.56. The molecule has 0 radical (unpaired) electrons. The zero-order chi connectivity index (χ0) is 19.8. The Balaban J connectivity index is 1.80. The average molecular weight is 416 g/mol. The number of likely N-dealkylation sites (tertiary alicyclic amines) is 1. The van der Waals surface area contributed by atoms with Crippen molar-refractivity contribution in [3.63, 3.8) is 0 Å². The average Bonchev–Trinajstić information content (AvgIpc) is 2.80. The Morgan fingerprint density at radius 2 is 1.85 bits per heavy atom. The molecule has 0 aliphatic carbocycles. The Labute approximate surface area is 163 Å². The molecule has 0 aromatic heterocycles. The molecule has 8 nitrogen and oxygen atoms in total. The summed E-state index contributed by atoms with van der Waals surface area (Å²) < 4.78 is 31.4. The second kappa shape index (κ2) is 7.55. The number of benzene rings is 1. The van der Waals surface area contributed by atoms with E-state index in [1.165, 1.54) is 10.4 Å². The van der Waals surface area contributed by atoms with Gasteiger partial charge < -0.3 is 15.4 Å². The second-order valence-corrected chi connectivity index (χ2v) is 9.19. The monoisotopic (exact) mass is 415 g/mol. The lowest BCUT2D eigenvalue weighted by Gasteiger charge is -2.32. The first-order chi connectivity index (χ1) is 12.7. The van der Waals surface area contributed by atoms with Gasteiger partial charge in [0, 0.05) is 37.0 Å². The minimum absolute atomic E-state index is 0.111. The molecule has 2 aliphatic heterocycles. The molecule has 2 amide bonds. The zero-order valence-corrected chi connectivity index (χ0v) is 16.5. The standard InChI is InChI=1S/C17H22ClN3O5S/c1-27(24,25)21-9-6-15(26-14-3-2-12(18)10-13(14)21)17(23)20-7-4-11(5-8-20)16(19)22/h2-3,10-11,15H,4-9H2,1H3,(H2,19,22). The van der Waals surface area contributed by atoms with Gasteiger partial charge in [0.2, 0.25) is 15.9 Å². The van der Waals surface area contributed by atoms with Crippen LogP contribution in [0.25, 0.3) is 0 Å². The number of piperidine rings is 1. The van der Waals surface area contributed by atoms with Crippen molar-refractivity contribution in [2.45, 2.75) is 25.4 Å². The van der Waals surface area contributed by atoms with Gasteiger partial charge in [-0.2, -0.15) is 0 Å². The maximum Gasteiger partial charge on any atom is 0.263 e. The molecule has 27 heavy (non-hydrogen) atoms. The summed E-state index contributed by atoms with van der Waals surface area (Å²) >= 11 is 6.02. The summed E-state index contributed by atoms with van der Waals surface area (Å²) in [5.41, 5.74) is 5.66. The number of amides is 2. The van der Waals surface area contributed by atoms with E-state index in [0.29, 0.717) is 42.4 Å². The van der Waals surface area contributed by atoms with Crippen LogP contribution in [-0.2, 0) is 19.6 Å². The summed E-state index contributed by atoms with van der Waals surface area (Å²) in [5.74, 6) is -0.475. The Kier molecular flexibility index (Phi) is 5.53. The Hall–Kier alpha value is -2.00. The quantitative estimate of drug-likeness (QED) is 0.791. The molecule has 0 bridgehead atoms. The van der Waals surface area contributed by atoms with Crippen LogP contribution in [0.4, 0.5) is 5.69 Å². The highest BCUT2D eigenvalue weighted by Gasteiger charge is 2.35. The molecule has 1 atom stereocenters. The highest BCUT2D eigenvalue weighted by Crippen LogP contribution is 2.36. The molecule has 0 saturated carbocycles. The van der Waals surface area contributed by atoms with E-state index in [0.717, 1.165) is 6.26 Å². The Morgan fingerprint density at radius 1 is 1.19 bits per heavy atom. The highest BCUT2D eigenvalue weighted by atomic mass is 35.5. The van der Waals surface area contributed by atoms with Crippen molar-refractivity contribution < 1.29 is 22.7 Å². The van der Waals surface area contributed by atoms with Gasteiger partial charge in [-0.05, 0) is 31.0 Å². The number of hydrogen-bond acceptors (Lipinski definition) is 5. The first-order valence-corrected chi connectivity index (χ1v) is 10.9. The van der Waals surface area contributed by atoms with Crippen LogP contribution in [0, 0.1) is 5.92 Å². The van der Waals surface area contributed by atoms with Gasteiger partial charge in [-0.15, -0.1) is 0 Å². The normalized spacial score (nSPS) is 21.2. The number of fused-ring (bicyclic) bond motifs is 1. The van der Waals surface area contributed by atoms with Crippen LogP contribution in [0.2, 0.25) is 5.02 Å². The van der Waals surface area contributed by atoms with Crippen LogP contribution in [0.5, 0.6) is 5.75 Å². The molecular formula is C17H22ClN3O5S. The van der Waals surface area contributed by atoms with E-state index < -0.39 is 16.1 Å². The van der Waals surface area contributed by atoms with Gasteiger partial charge in [-0.1, -0.05) is 11.6 Å². The summed E-state index contributed by atoms with van der Waals surface area (Å²) in [7, 11) is -3.55. The van der Waals surface area contributed by atoms with Gasteiger partial charge in [0.1, 0.15) is 5.75 Å². The molecule has 2 N–H and O–H groups in total. The maximum atomic E-state index is 12.9. The van der Waals surface area contributed by atoms with Gasteiger partial charge in [-0.25, -0.2) is 8.42 Å². The minimum Gasteiger partial charge on any atom is -0.478 e. The van der Waals surface area contributed by atoms with Gasteiger partial charge in [-0.3, -0.25) is 13.9 Å². The molecule has 1 aromatic carbocycles. The number of anilines is 1. The third kappa shape index (κ3) is 4.30. The van der Waals surface area contributed by atoms with Gasteiger partial charge in [0.05, 0.1) is 11.9 Å². The first-order valence-electron chi connectivity index (χ1n) is 8.69. The maximum absolute atomic E-state index is 12.9. The molecule has 148 valence electrons. The fraction of sp³-hybridized carbons (Fsp3) is 0.529. The van der Waals surface area contributed by atoms with Crippen LogP contribution in [0.3, 0.4) is 0 Å². The fourth-order valence-electron chi connectivity index (χ4n) is 3.46. The summed E-state index contributed by atoms with van der Waals surface area (Å²) in [5, 5.41) is 0.379. The third-order valence-electron chi connectivity index (χ3n) is 4.94. The predicted octanol–water partition coefficient (Wildman–Crippen LogP) is 0.981. The lowest BCUT2D eigenvalue weighted by atomic mass is 9.96. The number of sulfonamides is 1. The molecule has 1 unspecified atom stereocenters. The number of hydrogen-bond donors (Lipinski definition) is 1. The van der Waals surface area contributed by atoms with Crippen molar-refractivity contribution >= 4 is 39.1 Å². The Morgan fingerprint density at radius 3 is 2.44 bits per heavy atom. The first kappa shape index (κ1) is 19.8. The van der Waals surface area contributed by atoms with E-state index >= 15 is 0 Å². The molecule has 2 aliphatic rings. The smallest absolute Gasteiger partial charge is 0.263 e. The lowest BCUT2D eigenvalue weighted by molar-refractivity contribution is -0.141. The zero-order valence-electron chi connectivity index (χ0n) is 14.9. The number of primary amides is 1. The van der Waals surface area contributed by atoms with Gasteiger partial charge in [0.25, 0.3) is 5.91 Å². The number of rotatable bonds is 3. The fourth-order valence-corrected chi connectivity index (χ4v) is 4.56. The molecular weight excluding hydrogens is 394 g/mol. The van der Waals surface area contributed by atoms with E-state index in [1.807, 2.05) is 0 Å². The SMILES string of the molecule is CS(=O)(=O)N1CCC(C(=O)N2CCC(C(N)=O)CC2)Oc2ccc(Cl)cc21. The summed E-state index contributed by atoms with van der Waals surface area (Å²) in [4.78, 5) is 25.8. The lowest BCUT2D eigenvalue weighted by Crippen LogP contribution is -2.47.